The van der Waals surface area contributed by atoms with E-state index in [0.717, 1.165) is 45.6 Å². The van der Waals surface area contributed by atoms with Crippen LogP contribution in [-0.2, 0) is 4.74 Å². The summed E-state index contributed by atoms with van der Waals surface area (Å²) < 4.78 is 5.70. The first kappa shape index (κ1) is 19.5. The van der Waals surface area contributed by atoms with Gasteiger partial charge in [0.2, 0.25) is 0 Å². The first-order valence-electron chi connectivity index (χ1n) is 8.08. The molecule has 0 spiro atoms. The molecule has 0 aliphatic heterocycles. The molecule has 0 N–H and O–H groups in total. The second-order valence-corrected chi connectivity index (χ2v) is 6.12. The largest absolute Gasteiger partial charge is 0.381 e. The Labute approximate surface area is 127 Å². The molecule has 0 aliphatic rings. The minimum atomic E-state index is 0.576. The van der Waals surface area contributed by atoms with Crippen molar-refractivity contribution in [1.82, 2.24) is 9.80 Å². The molecular weight excluding hydrogens is 248 g/mol. The molecule has 0 saturated carbocycles. The molecule has 1 atom stereocenters. The third kappa shape index (κ3) is 8.60. The average molecular weight is 284 g/mol. The maximum atomic E-state index is 5.70. The molecule has 20 heavy (non-hydrogen) atoms. The molecule has 0 bridgehead atoms. The minimum Gasteiger partial charge on any atom is -0.381 e. The molecule has 0 aromatic carbocycles. The predicted molar refractivity (Wildman–Crippen MR) is 89.0 cm³/mol. The third-order valence-corrected chi connectivity index (χ3v) is 4.13. The highest BCUT2D eigenvalue weighted by Crippen LogP contribution is 2.15. The third-order valence-electron chi connectivity index (χ3n) is 4.13. The van der Waals surface area contributed by atoms with Crippen LogP contribution < -0.4 is 0 Å². The standard InChI is InChI=1S/C17H36N2O/c1-8-16(4)17(5)19(7)12-10-14-20-13-9-11-18(6)15(2)3/h15-16H,5,8-14H2,1-4,6-7H3. The molecule has 0 fully saturated rings. The van der Waals surface area contributed by atoms with Gasteiger partial charge in [0.25, 0.3) is 0 Å². The van der Waals surface area contributed by atoms with Crippen molar-refractivity contribution in [3.8, 4) is 0 Å². The Morgan fingerprint density at radius 1 is 1.05 bits per heavy atom. The van der Waals surface area contributed by atoms with Crippen molar-refractivity contribution in [2.45, 2.75) is 53.0 Å². The van der Waals surface area contributed by atoms with Crippen LogP contribution in [0.1, 0.15) is 47.0 Å². The van der Waals surface area contributed by atoms with Crippen molar-refractivity contribution in [2.24, 2.45) is 5.92 Å². The second kappa shape index (κ2) is 11.2. The number of hydrogen-bond acceptors (Lipinski definition) is 3. The fourth-order valence-electron chi connectivity index (χ4n) is 1.94. The molecular formula is C17H36N2O. The van der Waals surface area contributed by atoms with E-state index < -0.39 is 0 Å². The average Bonchev–Trinajstić information content (AvgIpc) is 2.43. The van der Waals surface area contributed by atoms with Crippen molar-refractivity contribution in [3.05, 3.63) is 12.3 Å². The van der Waals surface area contributed by atoms with Gasteiger partial charge in [-0.2, -0.15) is 0 Å². The van der Waals surface area contributed by atoms with Crippen molar-refractivity contribution < 1.29 is 4.74 Å². The molecule has 3 nitrogen and oxygen atoms in total. The fraction of sp³-hybridized carbons (Fsp3) is 0.882. The lowest BCUT2D eigenvalue weighted by Gasteiger charge is -2.25. The summed E-state index contributed by atoms with van der Waals surface area (Å²) in [5, 5.41) is 0. The van der Waals surface area contributed by atoms with E-state index in [4.69, 9.17) is 4.74 Å². The summed E-state index contributed by atoms with van der Waals surface area (Å²) in [6.45, 7) is 16.9. The highest BCUT2D eigenvalue weighted by molar-refractivity contribution is 4.96. The van der Waals surface area contributed by atoms with Crippen LogP contribution in [0.3, 0.4) is 0 Å². The Bertz CT molecular complexity index is 253. The molecule has 0 aromatic heterocycles. The van der Waals surface area contributed by atoms with Gasteiger partial charge in [0.1, 0.15) is 0 Å². The molecule has 0 saturated heterocycles. The van der Waals surface area contributed by atoms with E-state index in [2.05, 4.69) is 58.2 Å². The molecule has 0 heterocycles. The first-order chi connectivity index (χ1) is 9.40. The van der Waals surface area contributed by atoms with Crippen molar-refractivity contribution in [3.63, 3.8) is 0 Å². The van der Waals surface area contributed by atoms with Gasteiger partial charge in [-0.3, -0.25) is 0 Å². The molecule has 0 aliphatic carbocycles. The summed E-state index contributed by atoms with van der Waals surface area (Å²) in [6, 6.07) is 0.621. The zero-order valence-electron chi connectivity index (χ0n) is 14.6. The van der Waals surface area contributed by atoms with Crippen LogP contribution in [0.4, 0.5) is 0 Å². The van der Waals surface area contributed by atoms with Gasteiger partial charge in [0, 0.05) is 45.1 Å². The van der Waals surface area contributed by atoms with Crippen LogP contribution in [0.25, 0.3) is 0 Å². The van der Waals surface area contributed by atoms with Gasteiger partial charge in [0.05, 0.1) is 0 Å². The van der Waals surface area contributed by atoms with Gasteiger partial charge in [-0.05, 0) is 46.1 Å². The summed E-state index contributed by atoms with van der Waals surface area (Å²) in [4.78, 5) is 4.62. The highest BCUT2D eigenvalue weighted by Gasteiger charge is 2.08. The van der Waals surface area contributed by atoms with E-state index in [0.29, 0.717) is 12.0 Å². The summed E-state index contributed by atoms with van der Waals surface area (Å²) in [5.74, 6) is 0.576. The lowest BCUT2D eigenvalue weighted by molar-refractivity contribution is 0.113. The summed E-state index contributed by atoms with van der Waals surface area (Å²) in [6.07, 6.45) is 3.35. The molecule has 3 heteroatoms. The van der Waals surface area contributed by atoms with E-state index in [1.807, 2.05) is 0 Å². The number of ether oxygens (including phenoxy) is 1. The van der Waals surface area contributed by atoms with E-state index >= 15 is 0 Å². The lowest BCUT2D eigenvalue weighted by Crippen LogP contribution is -2.28. The van der Waals surface area contributed by atoms with Crippen LogP contribution >= 0.6 is 0 Å². The first-order valence-corrected chi connectivity index (χ1v) is 8.08. The molecule has 0 amide bonds. The van der Waals surface area contributed by atoms with E-state index in [9.17, 15) is 0 Å². The SMILES string of the molecule is C=C(C(C)CC)N(C)CCCOCCCN(C)C(C)C. The van der Waals surface area contributed by atoms with Crippen LogP contribution in [0.15, 0.2) is 12.3 Å². The normalized spacial score (nSPS) is 13.0. The molecule has 1 unspecified atom stereocenters. The Morgan fingerprint density at radius 3 is 2.10 bits per heavy atom. The van der Waals surface area contributed by atoms with Gasteiger partial charge in [-0.1, -0.05) is 20.4 Å². The smallest absolute Gasteiger partial charge is 0.0482 e. The number of allylic oxidation sites excluding steroid dienone is 1. The topological polar surface area (TPSA) is 15.7 Å². The summed E-state index contributed by atoms with van der Waals surface area (Å²) >= 11 is 0. The van der Waals surface area contributed by atoms with Gasteiger partial charge in [-0.25, -0.2) is 0 Å². The van der Waals surface area contributed by atoms with Crippen LogP contribution in [0.2, 0.25) is 0 Å². The van der Waals surface area contributed by atoms with Crippen molar-refractivity contribution in [2.75, 3.05) is 40.4 Å². The summed E-state index contributed by atoms with van der Waals surface area (Å²) in [7, 11) is 4.30. The van der Waals surface area contributed by atoms with Crippen molar-refractivity contribution in [1.29, 1.82) is 0 Å². The molecule has 120 valence electrons. The fourth-order valence-corrected chi connectivity index (χ4v) is 1.94. The van der Waals surface area contributed by atoms with Crippen LogP contribution in [0, 0.1) is 5.92 Å². The van der Waals surface area contributed by atoms with Crippen molar-refractivity contribution >= 4 is 0 Å². The van der Waals surface area contributed by atoms with E-state index in [1.165, 1.54) is 5.70 Å². The number of rotatable bonds is 12. The molecule has 0 radical (unpaired) electrons. The van der Waals surface area contributed by atoms with Gasteiger partial charge in [0.15, 0.2) is 0 Å². The monoisotopic (exact) mass is 284 g/mol. The lowest BCUT2D eigenvalue weighted by atomic mass is 10.1. The zero-order chi connectivity index (χ0) is 15.5. The zero-order valence-corrected chi connectivity index (χ0v) is 14.6. The number of nitrogens with zero attached hydrogens (tertiary/aromatic N) is 2. The highest BCUT2D eigenvalue weighted by atomic mass is 16.5. The Balaban J connectivity index is 3.51. The minimum absolute atomic E-state index is 0.576. The van der Waals surface area contributed by atoms with E-state index in [-0.39, 0.29) is 0 Å². The predicted octanol–water partition coefficient (Wildman–Crippen LogP) is 3.62. The Morgan fingerprint density at radius 2 is 1.60 bits per heavy atom. The van der Waals surface area contributed by atoms with Crippen LogP contribution in [0.5, 0.6) is 0 Å². The maximum absolute atomic E-state index is 5.70. The maximum Gasteiger partial charge on any atom is 0.0482 e. The van der Waals surface area contributed by atoms with E-state index in [1.54, 1.807) is 0 Å². The second-order valence-electron chi connectivity index (χ2n) is 6.12. The van der Waals surface area contributed by atoms with Gasteiger partial charge in [-0.15, -0.1) is 0 Å². The molecule has 0 rings (SSSR count). The van der Waals surface area contributed by atoms with Crippen LogP contribution in [-0.4, -0.2) is 56.2 Å². The summed E-state index contributed by atoms with van der Waals surface area (Å²) in [5.41, 5.74) is 1.24. The number of hydrogen-bond donors (Lipinski definition) is 0. The van der Waals surface area contributed by atoms with Gasteiger partial charge >= 0.3 is 0 Å². The van der Waals surface area contributed by atoms with Gasteiger partial charge < -0.3 is 14.5 Å². The quantitative estimate of drug-likeness (QED) is 0.509. The Hall–Kier alpha value is -0.540. The Kier molecular flexibility index (Phi) is 10.9. The molecule has 0 aromatic rings.